The largest absolute Gasteiger partial charge is 0.350 e. The number of urea groups is 1. The number of carbonyl (C=O) groups is 2. The van der Waals surface area contributed by atoms with Gasteiger partial charge in [-0.05, 0) is 57.9 Å². The molecule has 2 heterocycles. The van der Waals surface area contributed by atoms with Crippen molar-refractivity contribution in [2.45, 2.75) is 60.3 Å². The molecule has 1 aliphatic rings. The zero-order valence-electron chi connectivity index (χ0n) is 24.6. The Labute approximate surface area is 241 Å². The minimum Gasteiger partial charge on any atom is -0.350 e. The van der Waals surface area contributed by atoms with E-state index < -0.39 is 11.8 Å². The molecule has 9 nitrogen and oxygen atoms in total. The van der Waals surface area contributed by atoms with Crippen molar-refractivity contribution in [2.75, 3.05) is 26.8 Å². The molecule has 0 bridgehead atoms. The van der Waals surface area contributed by atoms with Crippen molar-refractivity contribution in [1.29, 1.82) is 0 Å². The summed E-state index contributed by atoms with van der Waals surface area (Å²) in [7, 11) is 1.86. The lowest BCUT2D eigenvalue weighted by Crippen LogP contribution is -2.48. The van der Waals surface area contributed by atoms with E-state index in [1.165, 1.54) is 5.56 Å². The average molecular weight is 568 g/mol. The molecule has 1 saturated heterocycles. The lowest BCUT2D eigenvalue weighted by Gasteiger charge is -2.35. The first-order valence-corrected chi connectivity index (χ1v) is 14.5. The number of nitrogens with one attached hydrogen (secondary N) is 1. The molecule has 0 spiro atoms. The van der Waals surface area contributed by atoms with Gasteiger partial charge in [-0.3, -0.25) is 15.0 Å². The normalized spacial score (nSPS) is 15.2. The van der Waals surface area contributed by atoms with Gasteiger partial charge in [0.05, 0.1) is 34.1 Å². The summed E-state index contributed by atoms with van der Waals surface area (Å²) in [4.78, 5) is 37.3. The van der Waals surface area contributed by atoms with Crippen LogP contribution in [0, 0.1) is 19.8 Å². The van der Waals surface area contributed by atoms with Crippen LogP contribution in [-0.2, 0) is 20.8 Å². The number of hydrogen-bond donors (Lipinski definition) is 1. The Hall–Kier alpha value is -3.34. The summed E-state index contributed by atoms with van der Waals surface area (Å²) in [6, 6.07) is 13.4. The number of imide groups is 1. The Kier molecular flexibility index (Phi) is 11.2. The molecule has 40 heavy (non-hydrogen) atoms. The molecule has 3 aromatic rings. The molecule has 1 N–H and O–H groups in total. The Bertz CT molecular complexity index is 1300. The van der Waals surface area contributed by atoms with Crippen molar-refractivity contribution in [1.82, 2.24) is 20.1 Å². The van der Waals surface area contributed by atoms with Crippen LogP contribution in [-0.4, -0.2) is 65.8 Å². The van der Waals surface area contributed by atoms with E-state index in [0.29, 0.717) is 44.2 Å². The summed E-state index contributed by atoms with van der Waals surface area (Å²) in [5.41, 5.74) is 3.84. The average Bonchev–Trinajstić information content (AvgIpc) is 3.31. The molecule has 0 radical (unpaired) electrons. The van der Waals surface area contributed by atoms with Crippen molar-refractivity contribution >= 4 is 45.6 Å². The highest BCUT2D eigenvalue weighted by Crippen LogP contribution is 2.26. The van der Waals surface area contributed by atoms with Gasteiger partial charge < -0.3 is 14.4 Å². The number of guanidine groups is 1. The maximum Gasteiger partial charge on any atom is 0.330 e. The van der Waals surface area contributed by atoms with Gasteiger partial charge >= 0.3 is 6.03 Å². The molecular weight excluding hydrogens is 526 g/mol. The number of aliphatic imine (C=N–C) groups is 1. The summed E-state index contributed by atoms with van der Waals surface area (Å²) in [5.74, 6) is -0.161. The number of benzene rings is 2. The van der Waals surface area contributed by atoms with Crippen molar-refractivity contribution in [3.63, 3.8) is 0 Å². The lowest BCUT2D eigenvalue weighted by atomic mass is 10.1. The monoisotopic (exact) mass is 567 g/mol. The van der Waals surface area contributed by atoms with E-state index in [4.69, 9.17) is 14.5 Å². The number of amides is 3. The smallest absolute Gasteiger partial charge is 0.330 e. The predicted octanol–water partition coefficient (Wildman–Crippen LogP) is 6.02. The van der Waals surface area contributed by atoms with Gasteiger partial charge in [0, 0.05) is 26.1 Å². The second-order valence-electron chi connectivity index (χ2n) is 10.1. The number of carbonyl (C=O) groups excluding carboxylic acids is 2. The number of thiazole rings is 1. The minimum atomic E-state index is -0.605. The van der Waals surface area contributed by atoms with Crippen LogP contribution in [0.1, 0.15) is 50.3 Å². The fraction of sp³-hybridized carbons (Fsp3) is 0.467. The zero-order chi connectivity index (χ0) is 29.3. The van der Waals surface area contributed by atoms with Crippen LogP contribution in [0.25, 0.3) is 10.2 Å². The quantitative estimate of drug-likeness (QED) is 0.213. The molecule has 1 aliphatic heterocycles. The molecule has 1 fully saturated rings. The molecule has 2 aromatic carbocycles. The van der Waals surface area contributed by atoms with E-state index in [1.807, 2.05) is 96.0 Å². The van der Waals surface area contributed by atoms with Crippen LogP contribution in [0.4, 0.5) is 10.5 Å². The van der Waals surface area contributed by atoms with E-state index >= 15 is 0 Å². The first-order chi connectivity index (χ1) is 19.1. The first kappa shape index (κ1) is 31.2. The molecule has 0 aliphatic carbocycles. The van der Waals surface area contributed by atoms with Gasteiger partial charge in [0.15, 0.2) is 5.79 Å². The second-order valence-corrected chi connectivity index (χ2v) is 11.3. The third kappa shape index (κ3) is 8.84. The van der Waals surface area contributed by atoms with Crippen LogP contribution in [0.3, 0.4) is 0 Å². The van der Waals surface area contributed by atoms with Gasteiger partial charge in [-0.15, -0.1) is 11.3 Å². The number of fused-ring (bicyclic) bond motifs is 1. The number of nitrogens with zero attached hydrogens (tertiary/aromatic N) is 4. The van der Waals surface area contributed by atoms with Crippen LogP contribution in [0.2, 0.25) is 0 Å². The Morgan fingerprint density at radius 1 is 1.15 bits per heavy atom. The predicted molar refractivity (Wildman–Crippen MR) is 161 cm³/mol. The number of aryl methyl sites for hydroxylation is 2. The summed E-state index contributed by atoms with van der Waals surface area (Å²) in [5, 5.41) is 3.84. The summed E-state index contributed by atoms with van der Waals surface area (Å²) in [6.45, 7) is 13.6. The van der Waals surface area contributed by atoms with E-state index in [2.05, 4.69) is 10.3 Å². The molecule has 216 valence electrons. The summed E-state index contributed by atoms with van der Waals surface area (Å²) < 4.78 is 12.4. The Morgan fingerprint density at radius 3 is 2.48 bits per heavy atom. The van der Waals surface area contributed by atoms with Gasteiger partial charge in [0.1, 0.15) is 0 Å². The van der Waals surface area contributed by atoms with Crippen LogP contribution in [0.15, 0.2) is 47.5 Å². The molecule has 0 atom stereocenters. The van der Waals surface area contributed by atoms with Crippen molar-refractivity contribution in [3.05, 3.63) is 58.6 Å². The minimum absolute atomic E-state index is 0.102. The van der Waals surface area contributed by atoms with Gasteiger partial charge in [-0.25, -0.2) is 14.8 Å². The number of hydrogen-bond acceptors (Lipinski definition) is 7. The lowest BCUT2D eigenvalue weighted by molar-refractivity contribution is -0.262. The highest BCUT2D eigenvalue weighted by molar-refractivity contribution is 7.18. The van der Waals surface area contributed by atoms with E-state index in [0.717, 1.165) is 25.7 Å². The molecule has 1 aromatic heterocycles. The topological polar surface area (TPSA) is 96.4 Å². The van der Waals surface area contributed by atoms with Crippen molar-refractivity contribution in [3.8, 4) is 0 Å². The van der Waals surface area contributed by atoms with Gasteiger partial charge in [0.25, 0.3) is 0 Å². The third-order valence-corrected chi connectivity index (χ3v) is 7.27. The molecule has 4 rings (SSSR count). The molecule has 0 unspecified atom stereocenters. The first-order valence-electron chi connectivity index (χ1n) is 13.7. The maximum absolute atomic E-state index is 13.2. The second kappa shape index (κ2) is 14.3. The third-order valence-electron chi connectivity index (χ3n) is 6.33. The fourth-order valence-electron chi connectivity index (χ4n) is 4.06. The SMILES string of the molecule is CC.Cc1ccc(CN(C)C(=Nc2ccc3nc(C)sc3c2)NC(=O)N(C=O)CCC2COC(C)(C)OC2)cc1. The number of aromatic nitrogens is 1. The highest BCUT2D eigenvalue weighted by atomic mass is 32.1. The van der Waals surface area contributed by atoms with E-state index in [9.17, 15) is 9.59 Å². The van der Waals surface area contributed by atoms with E-state index in [-0.39, 0.29) is 12.5 Å². The maximum atomic E-state index is 13.2. The molecule has 0 saturated carbocycles. The standard InChI is InChI=1S/C28H35N5O4S.C2H6/c1-19-6-8-21(9-7-19)15-32(5)26(30-23-10-11-24-25(14-23)38-20(2)29-24)31-27(35)33(18-34)13-12-22-16-36-28(3,4)37-17-22;1-2/h6-11,14,18,22H,12-13,15-17H2,1-5H3,(H,30,31,35);1-2H3. The number of rotatable bonds is 7. The summed E-state index contributed by atoms with van der Waals surface area (Å²) >= 11 is 1.59. The van der Waals surface area contributed by atoms with Gasteiger partial charge in [-0.1, -0.05) is 43.7 Å². The number of ether oxygens (including phenoxy) is 2. The van der Waals surface area contributed by atoms with E-state index in [1.54, 1.807) is 11.3 Å². The summed E-state index contributed by atoms with van der Waals surface area (Å²) in [6.07, 6.45) is 1.13. The van der Waals surface area contributed by atoms with Crippen molar-refractivity contribution < 1.29 is 19.1 Å². The highest BCUT2D eigenvalue weighted by Gasteiger charge is 2.29. The Morgan fingerprint density at radius 2 is 1.82 bits per heavy atom. The molecule has 10 heteroatoms. The Balaban J connectivity index is 0.00000216. The zero-order valence-corrected chi connectivity index (χ0v) is 25.4. The molecule has 3 amide bonds. The van der Waals surface area contributed by atoms with Gasteiger partial charge in [-0.2, -0.15) is 0 Å². The van der Waals surface area contributed by atoms with Crippen LogP contribution in [0.5, 0.6) is 0 Å². The van der Waals surface area contributed by atoms with Crippen molar-refractivity contribution in [2.24, 2.45) is 10.9 Å². The van der Waals surface area contributed by atoms with Gasteiger partial charge in [0.2, 0.25) is 12.4 Å². The van der Waals surface area contributed by atoms with Crippen LogP contribution >= 0.6 is 11.3 Å². The molecular formula is C30H41N5O4S. The fourth-order valence-corrected chi connectivity index (χ4v) is 4.92. The van der Waals surface area contributed by atoms with Crippen LogP contribution < -0.4 is 5.32 Å².